The monoisotopic (exact) mass is 425 g/mol. The van der Waals surface area contributed by atoms with Gasteiger partial charge in [-0.3, -0.25) is 4.79 Å². The molecule has 0 heterocycles. The summed E-state index contributed by atoms with van der Waals surface area (Å²) in [6.45, 7) is 1.55. The van der Waals surface area contributed by atoms with Crippen molar-refractivity contribution in [2.45, 2.75) is 6.92 Å². The van der Waals surface area contributed by atoms with Crippen LogP contribution in [0.1, 0.15) is 15.9 Å². The Hall–Kier alpha value is -2.09. The minimum atomic E-state index is -0.533. The number of aryl methyl sites for hydroxylation is 1. The summed E-state index contributed by atoms with van der Waals surface area (Å²) in [6.07, 6.45) is 0. The lowest BCUT2D eigenvalue weighted by Crippen LogP contribution is -2.21. The smallest absolute Gasteiger partial charge is 0.338 e. The van der Waals surface area contributed by atoms with E-state index in [1.54, 1.807) is 30.3 Å². The van der Waals surface area contributed by atoms with Gasteiger partial charge in [-0.2, -0.15) is 0 Å². The fourth-order valence-electron chi connectivity index (χ4n) is 1.94. The summed E-state index contributed by atoms with van der Waals surface area (Å²) in [4.78, 5) is 23.8. The molecule has 0 fully saturated rings. The molecule has 0 spiro atoms. The van der Waals surface area contributed by atoms with E-state index in [-0.39, 0.29) is 6.61 Å². The van der Waals surface area contributed by atoms with Crippen LogP contribution >= 0.6 is 22.6 Å². The highest BCUT2D eigenvalue weighted by Gasteiger charge is 2.12. The summed E-state index contributed by atoms with van der Waals surface area (Å²) in [6, 6.07) is 12.4. The molecule has 6 heteroatoms. The van der Waals surface area contributed by atoms with Crippen molar-refractivity contribution >= 4 is 40.2 Å². The fraction of sp³-hybridized carbons (Fsp3) is 0.176. The van der Waals surface area contributed by atoms with Crippen LogP contribution < -0.4 is 10.1 Å². The van der Waals surface area contributed by atoms with Crippen LogP contribution in [-0.2, 0) is 9.53 Å². The Balaban J connectivity index is 1.95. The largest absolute Gasteiger partial charge is 0.495 e. The number of carbonyl (C=O) groups excluding carboxylic acids is 2. The van der Waals surface area contributed by atoms with Gasteiger partial charge in [0.2, 0.25) is 0 Å². The zero-order valence-electron chi connectivity index (χ0n) is 12.8. The van der Waals surface area contributed by atoms with Gasteiger partial charge in [0.1, 0.15) is 5.75 Å². The van der Waals surface area contributed by atoms with Crippen LogP contribution in [0.5, 0.6) is 5.75 Å². The summed E-state index contributed by atoms with van der Waals surface area (Å²) in [7, 11) is 1.53. The van der Waals surface area contributed by atoms with Crippen LogP contribution in [0.2, 0.25) is 0 Å². The van der Waals surface area contributed by atoms with Crippen molar-refractivity contribution in [3.05, 3.63) is 57.2 Å². The highest BCUT2D eigenvalue weighted by Crippen LogP contribution is 2.25. The Morgan fingerprint density at radius 3 is 2.65 bits per heavy atom. The molecule has 0 saturated heterocycles. The van der Waals surface area contributed by atoms with Crippen molar-refractivity contribution in [1.82, 2.24) is 0 Å². The second kappa shape index (κ2) is 7.96. The van der Waals surface area contributed by atoms with Crippen molar-refractivity contribution < 1.29 is 19.1 Å². The number of nitrogens with one attached hydrogen (secondary N) is 1. The summed E-state index contributed by atoms with van der Waals surface area (Å²) in [5.41, 5.74) is 1.94. The van der Waals surface area contributed by atoms with Crippen LogP contribution in [0.25, 0.3) is 0 Å². The molecule has 0 bridgehead atoms. The number of methoxy groups -OCH3 is 1. The molecule has 0 radical (unpaired) electrons. The molecule has 120 valence electrons. The van der Waals surface area contributed by atoms with Crippen LogP contribution in [0.3, 0.4) is 0 Å². The van der Waals surface area contributed by atoms with E-state index in [9.17, 15) is 9.59 Å². The van der Waals surface area contributed by atoms with Gasteiger partial charge in [-0.1, -0.05) is 12.1 Å². The molecule has 23 heavy (non-hydrogen) atoms. The first kappa shape index (κ1) is 17.3. The standard InChI is InChI=1S/C17H16INO4/c1-11-6-7-15(22-2)14(8-11)19-16(20)10-23-17(21)12-4-3-5-13(18)9-12/h3-9H,10H2,1-2H3,(H,19,20). The molecule has 2 aromatic carbocycles. The Kier molecular flexibility index (Phi) is 5.97. The van der Waals surface area contributed by atoms with E-state index >= 15 is 0 Å². The maximum absolute atomic E-state index is 11.9. The predicted molar refractivity (Wildman–Crippen MR) is 95.8 cm³/mol. The van der Waals surface area contributed by atoms with Gasteiger partial charge < -0.3 is 14.8 Å². The third-order valence-corrected chi connectivity index (χ3v) is 3.69. The van der Waals surface area contributed by atoms with Gasteiger partial charge in [0, 0.05) is 3.57 Å². The molecular weight excluding hydrogens is 409 g/mol. The Morgan fingerprint density at radius 2 is 1.96 bits per heavy atom. The quantitative estimate of drug-likeness (QED) is 0.589. The van der Waals surface area contributed by atoms with Crippen molar-refractivity contribution in [2.75, 3.05) is 19.0 Å². The normalized spacial score (nSPS) is 10.0. The summed E-state index contributed by atoms with van der Waals surface area (Å²) >= 11 is 2.11. The third kappa shape index (κ3) is 4.95. The summed E-state index contributed by atoms with van der Waals surface area (Å²) in [5.74, 6) is -0.407. The average Bonchev–Trinajstić information content (AvgIpc) is 2.53. The molecule has 2 rings (SSSR count). The zero-order chi connectivity index (χ0) is 16.8. The molecule has 1 N–H and O–H groups in total. The number of halogens is 1. The number of hydrogen-bond acceptors (Lipinski definition) is 4. The lowest BCUT2D eigenvalue weighted by Gasteiger charge is -2.11. The third-order valence-electron chi connectivity index (χ3n) is 3.02. The number of hydrogen-bond donors (Lipinski definition) is 1. The zero-order valence-corrected chi connectivity index (χ0v) is 14.9. The van der Waals surface area contributed by atoms with Gasteiger partial charge in [0.05, 0.1) is 18.4 Å². The van der Waals surface area contributed by atoms with Gasteiger partial charge >= 0.3 is 5.97 Å². The first-order chi connectivity index (χ1) is 11.0. The Labute approximate surface area is 148 Å². The Morgan fingerprint density at radius 1 is 1.17 bits per heavy atom. The number of rotatable bonds is 5. The minimum Gasteiger partial charge on any atom is -0.495 e. The van der Waals surface area contributed by atoms with Gasteiger partial charge in [-0.25, -0.2) is 4.79 Å². The van der Waals surface area contributed by atoms with Crippen molar-refractivity contribution in [3.8, 4) is 5.75 Å². The first-order valence-electron chi connectivity index (χ1n) is 6.87. The second-order valence-corrected chi connectivity index (χ2v) is 6.08. The molecule has 0 atom stereocenters. The highest BCUT2D eigenvalue weighted by atomic mass is 127. The van der Waals surface area contributed by atoms with Gasteiger partial charge in [-0.15, -0.1) is 0 Å². The lowest BCUT2D eigenvalue weighted by molar-refractivity contribution is -0.119. The van der Waals surface area contributed by atoms with Crippen LogP contribution in [0.4, 0.5) is 5.69 Å². The molecule has 0 aromatic heterocycles. The minimum absolute atomic E-state index is 0.360. The van der Waals surface area contributed by atoms with Crippen LogP contribution in [0.15, 0.2) is 42.5 Å². The SMILES string of the molecule is COc1ccc(C)cc1NC(=O)COC(=O)c1cccc(I)c1. The molecule has 0 aliphatic rings. The predicted octanol–water partition coefficient (Wildman–Crippen LogP) is 3.40. The fourth-order valence-corrected chi connectivity index (χ4v) is 2.48. The first-order valence-corrected chi connectivity index (χ1v) is 7.94. The van der Waals surface area contributed by atoms with E-state index in [0.717, 1.165) is 9.13 Å². The number of benzene rings is 2. The maximum Gasteiger partial charge on any atom is 0.338 e. The Bertz CT molecular complexity index is 730. The van der Waals surface area contributed by atoms with Crippen molar-refractivity contribution in [1.29, 1.82) is 0 Å². The highest BCUT2D eigenvalue weighted by molar-refractivity contribution is 14.1. The molecule has 1 amide bonds. The number of anilines is 1. The maximum atomic E-state index is 11.9. The van der Waals surface area contributed by atoms with Crippen molar-refractivity contribution in [2.24, 2.45) is 0 Å². The van der Waals surface area contributed by atoms with E-state index in [4.69, 9.17) is 9.47 Å². The molecule has 5 nitrogen and oxygen atoms in total. The molecule has 0 unspecified atom stereocenters. The molecule has 2 aromatic rings. The number of esters is 1. The van der Waals surface area contributed by atoms with Crippen molar-refractivity contribution in [3.63, 3.8) is 0 Å². The molecule has 0 aliphatic carbocycles. The van der Waals surface area contributed by atoms with E-state index in [1.165, 1.54) is 7.11 Å². The van der Waals surface area contributed by atoms with E-state index in [0.29, 0.717) is 17.0 Å². The number of carbonyl (C=O) groups is 2. The van der Waals surface area contributed by atoms with Crippen LogP contribution in [-0.4, -0.2) is 25.6 Å². The number of ether oxygens (including phenoxy) is 2. The summed E-state index contributed by atoms with van der Waals surface area (Å²) in [5, 5.41) is 2.68. The lowest BCUT2D eigenvalue weighted by atomic mass is 10.2. The van der Waals surface area contributed by atoms with Gasteiger partial charge in [0.15, 0.2) is 6.61 Å². The second-order valence-electron chi connectivity index (χ2n) is 4.84. The topological polar surface area (TPSA) is 64.6 Å². The average molecular weight is 425 g/mol. The summed E-state index contributed by atoms with van der Waals surface area (Å²) < 4.78 is 11.1. The molecule has 0 saturated carbocycles. The van der Waals surface area contributed by atoms with Gasteiger partial charge in [0.25, 0.3) is 5.91 Å². The molecule has 0 aliphatic heterocycles. The molecular formula is C17H16INO4. The van der Waals surface area contributed by atoms with Crippen LogP contribution in [0, 0.1) is 10.5 Å². The van der Waals surface area contributed by atoms with E-state index < -0.39 is 11.9 Å². The van der Waals surface area contributed by atoms with E-state index in [2.05, 4.69) is 27.9 Å². The van der Waals surface area contributed by atoms with E-state index in [1.807, 2.05) is 19.1 Å². The van der Waals surface area contributed by atoms with Gasteiger partial charge in [-0.05, 0) is 65.4 Å². The number of amides is 1.